The normalized spacial score (nSPS) is 20.2. The number of aromatic carboxylic acids is 1. The number of piperidine rings is 1. The van der Waals surface area contributed by atoms with Gasteiger partial charge in [-0.25, -0.2) is 4.79 Å². The highest BCUT2D eigenvalue weighted by Gasteiger charge is 2.21. The molecule has 1 aromatic rings. The van der Waals surface area contributed by atoms with E-state index in [-0.39, 0.29) is 17.4 Å². The molecule has 0 aliphatic carbocycles. The largest absolute Gasteiger partial charge is 0.506 e. The zero-order valence-corrected chi connectivity index (χ0v) is 10.8. The van der Waals surface area contributed by atoms with Crippen molar-refractivity contribution >= 4 is 21.9 Å². The zero-order chi connectivity index (χ0) is 12.4. The van der Waals surface area contributed by atoms with Crippen molar-refractivity contribution in [2.45, 2.75) is 25.3 Å². The lowest BCUT2D eigenvalue weighted by atomic mass is 9.95. The highest BCUT2D eigenvalue weighted by Crippen LogP contribution is 2.36. The maximum Gasteiger partial charge on any atom is 0.335 e. The highest BCUT2D eigenvalue weighted by atomic mass is 79.9. The van der Waals surface area contributed by atoms with E-state index in [9.17, 15) is 9.90 Å². The Morgan fingerprint density at radius 1 is 1.41 bits per heavy atom. The molecule has 0 saturated carbocycles. The van der Waals surface area contributed by atoms with E-state index in [4.69, 9.17) is 5.11 Å². The van der Waals surface area contributed by atoms with Crippen LogP contribution >= 0.6 is 15.9 Å². The van der Waals surface area contributed by atoms with Crippen molar-refractivity contribution in [1.82, 2.24) is 5.32 Å². The monoisotopic (exact) mass is 299 g/mol. The second-order valence-corrected chi connectivity index (χ2v) is 5.06. The van der Waals surface area contributed by atoms with Crippen LogP contribution in [0.15, 0.2) is 16.6 Å². The molecule has 2 rings (SSSR count). The fourth-order valence-corrected chi connectivity index (χ4v) is 2.60. The third-order valence-corrected chi connectivity index (χ3v) is 3.63. The van der Waals surface area contributed by atoms with Gasteiger partial charge in [-0.15, -0.1) is 0 Å². The maximum atomic E-state index is 11.0. The number of aromatic hydroxyl groups is 1. The molecule has 1 aromatic carbocycles. The predicted molar refractivity (Wildman–Crippen MR) is 67.4 cm³/mol. The topological polar surface area (TPSA) is 69.6 Å². The van der Waals surface area contributed by atoms with Gasteiger partial charge in [0, 0.05) is 11.6 Å². The maximum absolute atomic E-state index is 11.0. The van der Waals surface area contributed by atoms with Crippen molar-refractivity contribution in [3.8, 4) is 5.75 Å². The molecule has 0 aromatic heterocycles. The second kappa shape index (κ2) is 5.06. The lowest BCUT2D eigenvalue weighted by Crippen LogP contribution is -2.27. The first-order valence-corrected chi connectivity index (χ1v) is 6.38. The molecule has 1 fully saturated rings. The summed E-state index contributed by atoms with van der Waals surface area (Å²) in [4.78, 5) is 11.0. The summed E-state index contributed by atoms with van der Waals surface area (Å²) < 4.78 is 0.430. The van der Waals surface area contributed by atoms with Crippen molar-refractivity contribution < 1.29 is 15.0 Å². The molecule has 0 bridgehead atoms. The second-order valence-electron chi connectivity index (χ2n) is 4.20. The molecule has 4 nitrogen and oxygen atoms in total. The first-order chi connectivity index (χ1) is 8.09. The minimum atomic E-state index is -0.984. The Morgan fingerprint density at radius 2 is 2.18 bits per heavy atom. The molecule has 5 heteroatoms. The summed E-state index contributed by atoms with van der Waals surface area (Å²) in [6.07, 6.45) is 3.13. The summed E-state index contributed by atoms with van der Waals surface area (Å²) in [6.45, 7) is 0.902. The van der Waals surface area contributed by atoms with Gasteiger partial charge in [-0.1, -0.05) is 6.42 Å². The van der Waals surface area contributed by atoms with Crippen LogP contribution in [0.1, 0.15) is 41.2 Å². The van der Waals surface area contributed by atoms with Gasteiger partial charge in [0.15, 0.2) is 0 Å². The summed E-state index contributed by atoms with van der Waals surface area (Å²) in [7, 11) is 0. The Labute approximate surface area is 108 Å². The van der Waals surface area contributed by atoms with Gasteiger partial charge in [-0.05, 0) is 47.4 Å². The van der Waals surface area contributed by atoms with Gasteiger partial charge < -0.3 is 15.5 Å². The third-order valence-electron chi connectivity index (χ3n) is 3.03. The van der Waals surface area contributed by atoms with Gasteiger partial charge in [0.1, 0.15) is 5.75 Å². The minimum absolute atomic E-state index is 0.0411. The molecule has 1 saturated heterocycles. The summed E-state index contributed by atoms with van der Waals surface area (Å²) in [5, 5.41) is 22.3. The van der Waals surface area contributed by atoms with E-state index in [0.717, 1.165) is 25.8 Å². The fraction of sp³-hybridized carbons (Fsp3) is 0.417. The number of benzene rings is 1. The number of carboxylic acids is 1. The zero-order valence-electron chi connectivity index (χ0n) is 9.24. The van der Waals surface area contributed by atoms with Gasteiger partial charge in [0.25, 0.3) is 0 Å². The number of nitrogens with one attached hydrogen (secondary N) is 1. The molecule has 0 unspecified atom stereocenters. The molecule has 1 aliphatic heterocycles. The van der Waals surface area contributed by atoms with Crippen LogP contribution in [0.2, 0.25) is 0 Å². The molecule has 92 valence electrons. The minimum Gasteiger partial charge on any atom is -0.506 e. The summed E-state index contributed by atoms with van der Waals surface area (Å²) in [5.41, 5.74) is 0.855. The van der Waals surface area contributed by atoms with Crippen LogP contribution in [0.4, 0.5) is 0 Å². The quantitative estimate of drug-likeness (QED) is 0.785. The Bertz CT molecular complexity index is 442. The van der Waals surface area contributed by atoms with Gasteiger partial charge in [0.05, 0.1) is 10.0 Å². The molecular weight excluding hydrogens is 286 g/mol. The number of carbonyl (C=O) groups is 1. The molecule has 17 heavy (non-hydrogen) atoms. The number of hydrogen-bond acceptors (Lipinski definition) is 3. The third kappa shape index (κ3) is 2.61. The van der Waals surface area contributed by atoms with E-state index in [1.54, 1.807) is 6.07 Å². The molecule has 0 radical (unpaired) electrons. The first-order valence-electron chi connectivity index (χ1n) is 5.58. The first kappa shape index (κ1) is 12.4. The molecule has 1 atom stereocenters. The molecule has 0 amide bonds. The molecule has 1 heterocycles. The Morgan fingerprint density at radius 3 is 2.76 bits per heavy atom. The molecule has 0 spiro atoms. The summed E-state index contributed by atoms with van der Waals surface area (Å²) in [6, 6.07) is 3.01. The Balaban J connectivity index is 2.40. The van der Waals surface area contributed by atoms with Crippen LogP contribution in [0.25, 0.3) is 0 Å². The number of phenolic OH excluding ortho intramolecular Hbond substituents is 1. The lowest BCUT2D eigenvalue weighted by Gasteiger charge is -2.25. The van der Waals surface area contributed by atoms with Gasteiger partial charge in [-0.3, -0.25) is 0 Å². The average molecular weight is 300 g/mol. The van der Waals surface area contributed by atoms with Crippen LogP contribution in [-0.2, 0) is 0 Å². The van der Waals surface area contributed by atoms with Crippen molar-refractivity contribution in [2.24, 2.45) is 0 Å². The van der Waals surface area contributed by atoms with Gasteiger partial charge in [0.2, 0.25) is 0 Å². The predicted octanol–water partition coefficient (Wildman–Crippen LogP) is 2.67. The van der Waals surface area contributed by atoms with E-state index in [1.807, 2.05) is 0 Å². The van der Waals surface area contributed by atoms with E-state index in [0.29, 0.717) is 10.0 Å². The molecular formula is C12H14BrNO3. The van der Waals surface area contributed by atoms with Crippen LogP contribution in [-0.4, -0.2) is 22.7 Å². The van der Waals surface area contributed by atoms with Crippen LogP contribution in [0.5, 0.6) is 5.75 Å². The Kier molecular flexibility index (Phi) is 3.69. The van der Waals surface area contributed by atoms with E-state index in [1.165, 1.54) is 6.07 Å². The van der Waals surface area contributed by atoms with Crippen molar-refractivity contribution in [3.63, 3.8) is 0 Å². The number of hydrogen-bond donors (Lipinski definition) is 3. The van der Waals surface area contributed by atoms with E-state index in [2.05, 4.69) is 21.2 Å². The van der Waals surface area contributed by atoms with Crippen LogP contribution < -0.4 is 5.32 Å². The van der Waals surface area contributed by atoms with Gasteiger partial charge in [-0.2, -0.15) is 0 Å². The lowest BCUT2D eigenvalue weighted by molar-refractivity contribution is 0.0696. The Hall–Kier alpha value is -1.07. The summed E-state index contributed by atoms with van der Waals surface area (Å²) >= 11 is 3.19. The average Bonchev–Trinajstić information content (AvgIpc) is 2.33. The van der Waals surface area contributed by atoms with E-state index < -0.39 is 5.97 Å². The number of carboxylic acid groups (broad SMARTS) is 1. The van der Waals surface area contributed by atoms with Crippen molar-refractivity contribution in [2.75, 3.05) is 6.54 Å². The van der Waals surface area contributed by atoms with Crippen LogP contribution in [0, 0.1) is 0 Å². The smallest absolute Gasteiger partial charge is 0.335 e. The summed E-state index contributed by atoms with van der Waals surface area (Å²) in [5.74, 6) is -0.850. The molecule has 1 aliphatic rings. The number of halogens is 1. The SMILES string of the molecule is O=C(O)c1cc(Br)c(O)c([C@@H]2CCCCN2)c1. The molecule has 3 N–H and O–H groups in total. The van der Waals surface area contributed by atoms with Crippen molar-refractivity contribution in [1.29, 1.82) is 0 Å². The standard InChI is InChI=1S/C12H14BrNO3/c13-9-6-7(12(16)17)5-8(11(9)15)10-3-1-2-4-14-10/h5-6,10,14-15H,1-4H2,(H,16,17)/t10-/m0/s1. The van der Waals surface area contributed by atoms with Crippen molar-refractivity contribution in [3.05, 3.63) is 27.7 Å². The fourth-order valence-electron chi connectivity index (χ4n) is 2.13. The number of rotatable bonds is 2. The van der Waals surface area contributed by atoms with Gasteiger partial charge >= 0.3 is 5.97 Å². The number of phenols is 1. The highest BCUT2D eigenvalue weighted by molar-refractivity contribution is 9.10. The van der Waals surface area contributed by atoms with Crippen LogP contribution in [0.3, 0.4) is 0 Å². The van der Waals surface area contributed by atoms with E-state index >= 15 is 0 Å².